The number of amides is 1. The van der Waals surface area contributed by atoms with Crippen LogP contribution in [-0.4, -0.2) is 26.9 Å². The van der Waals surface area contributed by atoms with Crippen molar-refractivity contribution in [2.24, 2.45) is 5.92 Å². The fourth-order valence-electron chi connectivity index (χ4n) is 6.56. The molecule has 1 aliphatic rings. The Morgan fingerprint density at radius 1 is 0.950 bits per heavy atom. The SMILES string of the molecule is Cc1cc(C)n2c(cc3c(Cc4ccc([C@H](C(=O)NC[C@H](O)c5ccccc5)C5CCCC5)cc4)cccc32)n1. The first-order valence-corrected chi connectivity index (χ1v) is 14.4. The molecule has 3 aromatic carbocycles. The van der Waals surface area contributed by atoms with Gasteiger partial charge < -0.3 is 10.4 Å². The van der Waals surface area contributed by atoms with E-state index >= 15 is 0 Å². The second-order valence-electron chi connectivity index (χ2n) is 11.3. The average molecular weight is 532 g/mol. The molecule has 2 heterocycles. The van der Waals surface area contributed by atoms with Gasteiger partial charge in [-0.15, -0.1) is 0 Å². The van der Waals surface area contributed by atoms with E-state index in [1.165, 1.54) is 40.6 Å². The van der Waals surface area contributed by atoms with E-state index in [0.29, 0.717) is 5.92 Å². The molecular formula is C35H37N3O2. The molecule has 0 saturated heterocycles. The van der Waals surface area contributed by atoms with Crippen LogP contribution < -0.4 is 5.32 Å². The number of aromatic nitrogens is 2. The van der Waals surface area contributed by atoms with Gasteiger partial charge in [0.2, 0.25) is 5.91 Å². The van der Waals surface area contributed by atoms with Gasteiger partial charge in [-0.25, -0.2) is 4.98 Å². The van der Waals surface area contributed by atoms with E-state index in [1.807, 2.05) is 37.3 Å². The van der Waals surface area contributed by atoms with Gasteiger partial charge in [0.1, 0.15) is 5.65 Å². The summed E-state index contributed by atoms with van der Waals surface area (Å²) < 4.78 is 2.23. The molecule has 0 aliphatic heterocycles. The van der Waals surface area contributed by atoms with Gasteiger partial charge in [-0.1, -0.05) is 79.6 Å². The highest BCUT2D eigenvalue weighted by Gasteiger charge is 2.32. The molecule has 2 atom stereocenters. The van der Waals surface area contributed by atoms with Gasteiger partial charge in [-0.2, -0.15) is 0 Å². The highest BCUT2D eigenvalue weighted by molar-refractivity contribution is 5.89. The Morgan fingerprint density at radius 3 is 2.45 bits per heavy atom. The molecule has 0 spiro atoms. The third kappa shape index (κ3) is 5.26. The van der Waals surface area contributed by atoms with Crippen LogP contribution in [-0.2, 0) is 11.2 Å². The van der Waals surface area contributed by atoms with Crippen molar-refractivity contribution in [3.05, 3.63) is 119 Å². The Hall–Kier alpha value is -3.96. The van der Waals surface area contributed by atoms with E-state index in [-0.39, 0.29) is 18.4 Å². The molecule has 0 unspecified atom stereocenters. The summed E-state index contributed by atoms with van der Waals surface area (Å²) in [7, 11) is 0. The quantitative estimate of drug-likeness (QED) is 0.231. The van der Waals surface area contributed by atoms with Crippen molar-refractivity contribution in [1.82, 2.24) is 14.7 Å². The summed E-state index contributed by atoms with van der Waals surface area (Å²) in [6, 6.07) is 28.9. The zero-order valence-electron chi connectivity index (χ0n) is 23.3. The maximum absolute atomic E-state index is 13.5. The van der Waals surface area contributed by atoms with Crippen LogP contribution in [0.3, 0.4) is 0 Å². The lowest BCUT2D eigenvalue weighted by Crippen LogP contribution is -2.35. The maximum atomic E-state index is 13.5. The molecule has 5 nitrogen and oxygen atoms in total. The number of hydrogen-bond acceptors (Lipinski definition) is 3. The van der Waals surface area contributed by atoms with Crippen molar-refractivity contribution >= 4 is 22.5 Å². The van der Waals surface area contributed by atoms with Gasteiger partial charge in [0.15, 0.2) is 0 Å². The zero-order valence-corrected chi connectivity index (χ0v) is 23.3. The standard InChI is InChI=1S/C35H37N3O2/c1-23-19-24(2)38-31-14-8-13-29(30(31)21-33(38)37-23)20-25-15-17-28(18-16-25)34(27-11-6-7-12-27)35(40)36-22-32(39)26-9-4-3-5-10-26/h3-5,8-10,13-19,21,27,32,34,39H,6-7,11-12,20,22H2,1-2H3,(H,36,40)/t32-,34+/m0/s1. The molecule has 6 rings (SSSR count). The third-order valence-electron chi connectivity index (χ3n) is 8.52. The minimum atomic E-state index is -0.714. The maximum Gasteiger partial charge on any atom is 0.227 e. The highest BCUT2D eigenvalue weighted by atomic mass is 16.3. The predicted molar refractivity (Wildman–Crippen MR) is 161 cm³/mol. The minimum absolute atomic E-state index is 0.0121. The normalized spacial score (nSPS) is 15.5. The first kappa shape index (κ1) is 26.3. The predicted octanol–water partition coefficient (Wildman–Crippen LogP) is 6.82. The summed E-state index contributed by atoms with van der Waals surface area (Å²) in [6.07, 6.45) is 4.58. The van der Waals surface area contributed by atoms with Crippen LogP contribution >= 0.6 is 0 Å². The topological polar surface area (TPSA) is 66.6 Å². The van der Waals surface area contributed by atoms with Crippen molar-refractivity contribution in [2.45, 2.75) is 58.0 Å². The van der Waals surface area contributed by atoms with Gasteiger partial charge in [-0.3, -0.25) is 9.20 Å². The van der Waals surface area contributed by atoms with E-state index in [0.717, 1.165) is 41.7 Å². The minimum Gasteiger partial charge on any atom is -0.387 e. The van der Waals surface area contributed by atoms with Gasteiger partial charge in [-0.05, 0) is 79.5 Å². The molecule has 1 aliphatic carbocycles. The number of hydrogen-bond donors (Lipinski definition) is 2. The van der Waals surface area contributed by atoms with E-state index < -0.39 is 6.10 Å². The Bertz CT molecular complexity index is 1630. The number of nitrogens with one attached hydrogen (secondary N) is 1. The molecule has 2 aromatic heterocycles. The summed E-state index contributed by atoms with van der Waals surface area (Å²) in [5.74, 6) is 0.150. The number of aliphatic hydroxyl groups is 1. The third-order valence-corrected chi connectivity index (χ3v) is 8.52. The van der Waals surface area contributed by atoms with Crippen LogP contribution in [0.25, 0.3) is 16.6 Å². The molecule has 204 valence electrons. The number of carbonyl (C=O) groups excluding carboxylic acids is 1. The summed E-state index contributed by atoms with van der Waals surface area (Å²) in [6.45, 7) is 4.39. The van der Waals surface area contributed by atoms with Crippen LogP contribution in [0.4, 0.5) is 0 Å². The van der Waals surface area contributed by atoms with Crippen LogP contribution in [0.5, 0.6) is 0 Å². The molecule has 0 bridgehead atoms. The van der Waals surface area contributed by atoms with E-state index in [2.05, 4.69) is 71.2 Å². The van der Waals surface area contributed by atoms with Crippen molar-refractivity contribution < 1.29 is 9.90 Å². The molecule has 2 N–H and O–H groups in total. The molecule has 0 radical (unpaired) electrons. The first-order chi connectivity index (χ1) is 19.5. The first-order valence-electron chi connectivity index (χ1n) is 14.4. The Labute approximate surface area is 235 Å². The van der Waals surface area contributed by atoms with Gasteiger partial charge in [0.05, 0.1) is 17.5 Å². The number of aliphatic hydroxyl groups excluding tert-OH is 1. The van der Waals surface area contributed by atoms with Gasteiger partial charge >= 0.3 is 0 Å². The lowest BCUT2D eigenvalue weighted by atomic mass is 9.83. The molecule has 40 heavy (non-hydrogen) atoms. The van der Waals surface area contributed by atoms with E-state index in [9.17, 15) is 9.90 Å². The molecular weight excluding hydrogens is 494 g/mol. The number of fused-ring (bicyclic) bond motifs is 3. The van der Waals surface area contributed by atoms with Crippen LogP contribution in [0, 0.1) is 19.8 Å². The second-order valence-corrected chi connectivity index (χ2v) is 11.3. The number of benzene rings is 3. The summed E-state index contributed by atoms with van der Waals surface area (Å²) in [4.78, 5) is 18.3. The summed E-state index contributed by atoms with van der Waals surface area (Å²) in [5.41, 5.74) is 8.75. The molecule has 1 amide bonds. The van der Waals surface area contributed by atoms with Crippen LogP contribution in [0.2, 0.25) is 0 Å². The molecule has 1 fully saturated rings. The number of carbonyl (C=O) groups is 1. The van der Waals surface area contributed by atoms with Crippen molar-refractivity contribution in [2.75, 3.05) is 6.54 Å². The molecule has 5 heteroatoms. The fourth-order valence-corrected chi connectivity index (χ4v) is 6.56. The Kier molecular flexibility index (Phi) is 7.40. The van der Waals surface area contributed by atoms with Gasteiger partial charge in [0, 0.05) is 23.3 Å². The number of nitrogens with zero attached hydrogens (tertiary/aromatic N) is 2. The van der Waals surface area contributed by atoms with Crippen LogP contribution in [0.15, 0.2) is 84.9 Å². The summed E-state index contributed by atoms with van der Waals surface area (Å²) in [5, 5.41) is 14.9. The smallest absolute Gasteiger partial charge is 0.227 e. The fraction of sp³-hybridized carbons (Fsp3) is 0.314. The van der Waals surface area contributed by atoms with Crippen molar-refractivity contribution in [1.29, 1.82) is 0 Å². The summed E-state index contributed by atoms with van der Waals surface area (Å²) >= 11 is 0. The zero-order chi connectivity index (χ0) is 27.6. The molecule has 5 aromatic rings. The largest absolute Gasteiger partial charge is 0.387 e. The lowest BCUT2D eigenvalue weighted by molar-refractivity contribution is -0.124. The van der Waals surface area contributed by atoms with E-state index in [1.54, 1.807) is 0 Å². The van der Waals surface area contributed by atoms with Crippen LogP contribution in [0.1, 0.15) is 71.3 Å². The Morgan fingerprint density at radius 2 is 1.70 bits per heavy atom. The number of rotatable bonds is 8. The average Bonchev–Trinajstić information content (AvgIpc) is 3.62. The van der Waals surface area contributed by atoms with Gasteiger partial charge in [0.25, 0.3) is 0 Å². The Balaban J connectivity index is 1.22. The molecule has 1 saturated carbocycles. The lowest BCUT2D eigenvalue weighted by Gasteiger charge is -2.24. The monoisotopic (exact) mass is 531 g/mol. The van der Waals surface area contributed by atoms with Crippen molar-refractivity contribution in [3.63, 3.8) is 0 Å². The van der Waals surface area contributed by atoms with Crippen molar-refractivity contribution in [3.8, 4) is 0 Å². The highest BCUT2D eigenvalue weighted by Crippen LogP contribution is 2.38. The number of aryl methyl sites for hydroxylation is 2. The second kappa shape index (κ2) is 11.3. The van der Waals surface area contributed by atoms with E-state index in [4.69, 9.17) is 4.98 Å².